The van der Waals surface area contributed by atoms with Crippen LogP contribution in [0.5, 0.6) is 5.75 Å². The molecule has 18 heavy (non-hydrogen) atoms. The van der Waals surface area contributed by atoms with E-state index in [1.54, 1.807) is 30.2 Å². The Kier molecular flexibility index (Phi) is 3.72. The van der Waals surface area contributed by atoms with Crippen molar-refractivity contribution in [3.63, 3.8) is 0 Å². The van der Waals surface area contributed by atoms with Gasteiger partial charge in [-0.2, -0.15) is 0 Å². The Morgan fingerprint density at radius 2 is 2.33 bits per heavy atom. The van der Waals surface area contributed by atoms with Gasteiger partial charge in [0.15, 0.2) is 0 Å². The lowest BCUT2D eigenvalue weighted by atomic mass is 10.1. The highest BCUT2D eigenvalue weighted by Crippen LogP contribution is 2.23. The molecule has 1 atom stereocenters. The van der Waals surface area contributed by atoms with Crippen molar-refractivity contribution in [1.82, 2.24) is 4.90 Å². The minimum absolute atomic E-state index is 0.0587. The van der Waals surface area contributed by atoms with Gasteiger partial charge in [0.25, 0.3) is 5.91 Å². The molecule has 1 aliphatic rings. The van der Waals surface area contributed by atoms with Crippen LogP contribution in [-0.2, 0) is 0 Å². The summed E-state index contributed by atoms with van der Waals surface area (Å²) >= 11 is 0. The van der Waals surface area contributed by atoms with Gasteiger partial charge in [-0.05, 0) is 18.6 Å². The molecule has 5 heteroatoms. The topological polar surface area (TPSA) is 75.8 Å². The van der Waals surface area contributed by atoms with Crippen LogP contribution in [-0.4, -0.2) is 42.7 Å². The first-order valence-corrected chi connectivity index (χ1v) is 5.98. The number of likely N-dealkylation sites (tertiary alicyclic amines) is 1. The Bertz CT molecular complexity index is 448. The molecule has 1 aliphatic heterocycles. The third-order valence-corrected chi connectivity index (χ3v) is 3.24. The zero-order chi connectivity index (χ0) is 13.1. The molecule has 1 aromatic carbocycles. The van der Waals surface area contributed by atoms with E-state index in [2.05, 4.69) is 0 Å². The van der Waals surface area contributed by atoms with Gasteiger partial charge in [0, 0.05) is 42.9 Å². The van der Waals surface area contributed by atoms with Crippen molar-refractivity contribution in [1.29, 1.82) is 0 Å². The average molecular weight is 250 g/mol. The number of nitrogen functional groups attached to an aromatic ring is 1. The van der Waals surface area contributed by atoms with Crippen molar-refractivity contribution < 1.29 is 14.6 Å². The molecule has 1 heterocycles. The summed E-state index contributed by atoms with van der Waals surface area (Å²) < 4.78 is 5.10. The van der Waals surface area contributed by atoms with Crippen LogP contribution in [0.1, 0.15) is 16.8 Å². The molecular formula is C13H18N2O3. The normalized spacial score (nSPS) is 19.0. The molecule has 1 saturated heterocycles. The first kappa shape index (κ1) is 12.7. The van der Waals surface area contributed by atoms with Crippen molar-refractivity contribution in [2.45, 2.75) is 6.42 Å². The summed E-state index contributed by atoms with van der Waals surface area (Å²) in [6.45, 7) is 1.41. The minimum atomic E-state index is -0.0587. The van der Waals surface area contributed by atoms with Gasteiger partial charge >= 0.3 is 0 Å². The molecule has 1 amide bonds. The molecule has 1 aromatic rings. The van der Waals surface area contributed by atoms with Gasteiger partial charge in [0.05, 0.1) is 7.11 Å². The number of hydrogen-bond acceptors (Lipinski definition) is 4. The number of rotatable bonds is 3. The number of ether oxygens (including phenoxy) is 1. The second-order valence-electron chi connectivity index (χ2n) is 4.58. The molecular weight excluding hydrogens is 232 g/mol. The number of nitrogens with zero attached hydrogens (tertiary/aromatic N) is 1. The largest absolute Gasteiger partial charge is 0.497 e. The van der Waals surface area contributed by atoms with Crippen LogP contribution in [0.3, 0.4) is 0 Å². The number of aliphatic hydroxyl groups excluding tert-OH is 1. The van der Waals surface area contributed by atoms with Crippen molar-refractivity contribution in [2.75, 3.05) is 32.5 Å². The molecule has 0 spiro atoms. The molecule has 98 valence electrons. The average Bonchev–Trinajstić information content (AvgIpc) is 2.85. The molecule has 3 N–H and O–H groups in total. The highest BCUT2D eigenvalue weighted by atomic mass is 16.5. The van der Waals surface area contributed by atoms with Crippen LogP contribution in [0.15, 0.2) is 18.2 Å². The monoisotopic (exact) mass is 250 g/mol. The quantitative estimate of drug-likeness (QED) is 0.775. The number of carbonyl (C=O) groups excluding carboxylic acids is 1. The van der Waals surface area contributed by atoms with Crippen LogP contribution < -0.4 is 10.5 Å². The molecule has 5 nitrogen and oxygen atoms in total. The zero-order valence-electron chi connectivity index (χ0n) is 10.4. The highest BCUT2D eigenvalue weighted by Gasteiger charge is 2.26. The van der Waals surface area contributed by atoms with Crippen LogP contribution in [0, 0.1) is 5.92 Å². The number of benzene rings is 1. The maximum absolute atomic E-state index is 12.3. The second kappa shape index (κ2) is 5.27. The second-order valence-corrected chi connectivity index (χ2v) is 4.58. The van der Waals surface area contributed by atoms with E-state index >= 15 is 0 Å². The van der Waals surface area contributed by atoms with Gasteiger partial charge in [0.2, 0.25) is 0 Å². The first-order valence-electron chi connectivity index (χ1n) is 5.98. The maximum Gasteiger partial charge on any atom is 0.254 e. The van der Waals surface area contributed by atoms with E-state index in [1.165, 1.54) is 0 Å². The highest BCUT2D eigenvalue weighted by molar-refractivity contribution is 5.95. The van der Waals surface area contributed by atoms with E-state index in [4.69, 9.17) is 15.6 Å². The van der Waals surface area contributed by atoms with Crippen LogP contribution in [0.4, 0.5) is 5.69 Å². The van der Waals surface area contributed by atoms with Gasteiger partial charge in [-0.25, -0.2) is 0 Å². The van der Waals surface area contributed by atoms with E-state index in [1.807, 2.05) is 0 Å². The van der Waals surface area contributed by atoms with Gasteiger partial charge in [-0.15, -0.1) is 0 Å². The summed E-state index contributed by atoms with van der Waals surface area (Å²) in [6.07, 6.45) is 0.849. The Morgan fingerprint density at radius 1 is 1.56 bits per heavy atom. The van der Waals surface area contributed by atoms with Crippen LogP contribution in [0.25, 0.3) is 0 Å². The minimum Gasteiger partial charge on any atom is -0.497 e. The smallest absolute Gasteiger partial charge is 0.254 e. The molecule has 1 fully saturated rings. The molecule has 0 bridgehead atoms. The molecule has 0 saturated carbocycles. The first-order chi connectivity index (χ1) is 8.63. The van der Waals surface area contributed by atoms with E-state index in [0.717, 1.165) is 6.42 Å². The Hall–Kier alpha value is -1.75. The number of nitrogens with two attached hydrogens (primary N) is 1. The summed E-state index contributed by atoms with van der Waals surface area (Å²) in [5.41, 5.74) is 6.78. The molecule has 1 unspecified atom stereocenters. The SMILES string of the molecule is COc1cc(N)cc(C(=O)N2CCC(CO)C2)c1. The lowest BCUT2D eigenvalue weighted by molar-refractivity contribution is 0.0781. The lowest BCUT2D eigenvalue weighted by Gasteiger charge is -2.17. The number of carbonyl (C=O) groups is 1. The summed E-state index contributed by atoms with van der Waals surface area (Å²) in [5.74, 6) is 0.713. The fourth-order valence-corrected chi connectivity index (χ4v) is 2.21. The van der Waals surface area contributed by atoms with Gasteiger partial charge < -0.3 is 20.5 Å². The predicted octanol–water partition coefficient (Wildman–Crippen LogP) is 0.732. The standard InChI is InChI=1S/C13H18N2O3/c1-18-12-5-10(4-11(14)6-12)13(17)15-3-2-9(7-15)8-16/h4-6,9,16H,2-3,7-8,14H2,1H3. The zero-order valence-corrected chi connectivity index (χ0v) is 10.4. The van der Waals surface area contributed by atoms with Gasteiger partial charge in [-0.1, -0.05) is 0 Å². The number of methoxy groups -OCH3 is 1. The third kappa shape index (κ3) is 2.56. The third-order valence-electron chi connectivity index (χ3n) is 3.24. The number of anilines is 1. The fraction of sp³-hybridized carbons (Fsp3) is 0.462. The van der Waals surface area contributed by atoms with E-state index in [9.17, 15) is 4.79 Å². The molecule has 0 aliphatic carbocycles. The Balaban J connectivity index is 2.16. The number of amides is 1. The van der Waals surface area contributed by atoms with E-state index in [0.29, 0.717) is 30.1 Å². The van der Waals surface area contributed by atoms with E-state index in [-0.39, 0.29) is 18.4 Å². The summed E-state index contributed by atoms with van der Waals surface area (Å²) in [5, 5.41) is 9.08. The van der Waals surface area contributed by atoms with Crippen molar-refractivity contribution in [3.05, 3.63) is 23.8 Å². The maximum atomic E-state index is 12.3. The van der Waals surface area contributed by atoms with Gasteiger partial charge in [0.1, 0.15) is 5.75 Å². The van der Waals surface area contributed by atoms with Crippen molar-refractivity contribution in [2.24, 2.45) is 5.92 Å². The molecule has 0 aromatic heterocycles. The molecule has 2 rings (SSSR count). The van der Waals surface area contributed by atoms with Crippen molar-refractivity contribution in [3.8, 4) is 5.75 Å². The number of aliphatic hydroxyl groups is 1. The summed E-state index contributed by atoms with van der Waals surface area (Å²) in [7, 11) is 1.54. The summed E-state index contributed by atoms with van der Waals surface area (Å²) in [6, 6.07) is 5.01. The van der Waals surface area contributed by atoms with Crippen LogP contribution in [0.2, 0.25) is 0 Å². The Morgan fingerprint density at radius 3 is 2.94 bits per heavy atom. The Labute approximate surface area is 106 Å². The fourth-order valence-electron chi connectivity index (χ4n) is 2.21. The lowest BCUT2D eigenvalue weighted by Crippen LogP contribution is -2.29. The van der Waals surface area contributed by atoms with Gasteiger partial charge in [-0.3, -0.25) is 4.79 Å². The van der Waals surface area contributed by atoms with E-state index < -0.39 is 0 Å². The predicted molar refractivity (Wildman–Crippen MR) is 68.5 cm³/mol. The van der Waals surface area contributed by atoms with Crippen LogP contribution >= 0.6 is 0 Å². The van der Waals surface area contributed by atoms with Crippen molar-refractivity contribution >= 4 is 11.6 Å². The molecule has 0 radical (unpaired) electrons. The summed E-state index contributed by atoms with van der Waals surface area (Å²) in [4.78, 5) is 14.0. The number of hydrogen-bond donors (Lipinski definition) is 2.